The number of nitriles is 1. The van der Waals surface area contributed by atoms with Gasteiger partial charge in [0.2, 0.25) is 15.9 Å². The number of carbonyl (C=O) groups is 1. The molecule has 1 heterocycles. The molecule has 0 atom stereocenters. The zero-order valence-corrected chi connectivity index (χ0v) is 18.0. The van der Waals surface area contributed by atoms with E-state index in [-0.39, 0.29) is 11.4 Å². The molecule has 0 fully saturated rings. The predicted octanol–water partition coefficient (Wildman–Crippen LogP) is 3.43. The minimum absolute atomic E-state index is 0.0321. The number of nitrogens with one attached hydrogen (secondary N) is 1. The first kappa shape index (κ1) is 21.6. The summed E-state index contributed by atoms with van der Waals surface area (Å²) in [5.41, 5.74) is 2.06. The second-order valence-corrected chi connectivity index (χ2v) is 9.63. The molecule has 0 radical (unpaired) electrons. The van der Waals surface area contributed by atoms with E-state index in [1.807, 2.05) is 36.5 Å². The highest BCUT2D eigenvalue weighted by Crippen LogP contribution is 2.22. The topological polar surface area (TPSA) is 95.2 Å². The van der Waals surface area contributed by atoms with Crippen LogP contribution >= 0.6 is 0 Å². The van der Waals surface area contributed by atoms with Crippen molar-refractivity contribution in [3.05, 3.63) is 60.3 Å². The van der Waals surface area contributed by atoms with Gasteiger partial charge in [0.15, 0.2) is 0 Å². The Hall–Kier alpha value is -3.15. The number of anilines is 1. The summed E-state index contributed by atoms with van der Waals surface area (Å²) in [6.07, 6.45) is 2.02. The van der Waals surface area contributed by atoms with Crippen LogP contribution < -0.4 is 5.32 Å². The van der Waals surface area contributed by atoms with E-state index in [1.165, 1.54) is 31.3 Å². The van der Waals surface area contributed by atoms with Gasteiger partial charge in [-0.15, -0.1) is 0 Å². The molecule has 1 amide bonds. The third-order valence-electron chi connectivity index (χ3n) is 4.67. The Balaban J connectivity index is 1.69. The number of hydrogen-bond donors (Lipinski definition) is 1. The van der Waals surface area contributed by atoms with Crippen molar-refractivity contribution >= 4 is 32.5 Å². The van der Waals surface area contributed by atoms with Gasteiger partial charge in [-0.05, 0) is 54.4 Å². The molecule has 156 valence electrons. The van der Waals surface area contributed by atoms with Crippen LogP contribution in [-0.2, 0) is 21.4 Å². The van der Waals surface area contributed by atoms with E-state index in [2.05, 4.69) is 23.7 Å². The molecular formula is C22H24N4O3S. The number of hydrogen-bond acceptors (Lipinski definition) is 4. The van der Waals surface area contributed by atoms with Crippen LogP contribution in [0.3, 0.4) is 0 Å². The Morgan fingerprint density at radius 3 is 2.50 bits per heavy atom. The van der Waals surface area contributed by atoms with Crippen LogP contribution in [0.15, 0.2) is 59.6 Å². The highest BCUT2D eigenvalue weighted by Gasteiger charge is 2.23. The van der Waals surface area contributed by atoms with E-state index < -0.39 is 15.9 Å². The van der Waals surface area contributed by atoms with Crippen molar-refractivity contribution in [1.29, 1.82) is 5.26 Å². The molecule has 0 aliphatic rings. The van der Waals surface area contributed by atoms with Gasteiger partial charge in [-0.25, -0.2) is 8.42 Å². The summed E-state index contributed by atoms with van der Waals surface area (Å²) < 4.78 is 28.4. The second-order valence-electron chi connectivity index (χ2n) is 7.58. The summed E-state index contributed by atoms with van der Waals surface area (Å²) in [5.74, 6) is 0.0873. The molecule has 1 N–H and O–H groups in total. The number of rotatable bonds is 7. The normalized spacial score (nSPS) is 11.7. The summed E-state index contributed by atoms with van der Waals surface area (Å²) in [7, 11) is -2.48. The van der Waals surface area contributed by atoms with Crippen LogP contribution in [0, 0.1) is 17.2 Å². The molecular weight excluding hydrogens is 400 g/mol. The Bertz CT molecular complexity index is 1210. The second kappa shape index (κ2) is 8.69. The van der Waals surface area contributed by atoms with Crippen LogP contribution in [0.2, 0.25) is 0 Å². The number of carbonyl (C=O) groups excluding carboxylic acids is 1. The quantitative estimate of drug-likeness (QED) is 0.629. The summed E-state index contributed by atoms with van der Waals surface area (Å²) in [5, 5.41) is 12.6. The number of amides is 1. The lowest BCUT2D eigenvalue weighted by molar-refractivity contribution is -0.116. The molecule has 1 aromatic heterocycles. The SMILES string of the molecule is CC(C)Cn1ccc2cc(NC(=O)CN(C)S(=O)(=O)c3ccc(C#N)cc3)ccc21. The molecule has 3 aromatic rings. The highest BCUT2D eigenvalue weighted by atomic mass is 32.2. The van der Waals surface area contributed by atoms with Crippen molar-refractivity contribution in [1.82, 2.24) is 8.87 Å². The zero-order chi connectivity index (χ0) is 21.9. The van der Waals surface area contributed by atoms with E-state index in [1.54, 1.807) is 0 Å². The van der Waals surface area contributed by atoms with Gasteiger partial charge in [0.05, 0.1) is 23.1 Å². The smallest absolute Gasteiger partial charge is 0.243 e. The van der Waals surface area contributed by atoms with Crippen LogP contribution in [0.25, 0.3) is 10.9 Å². The largest absolute Gasteiger partial charge is 0.347 e. The maximum Gasteiger partial charge on any atom is 0.243 e. The van der Waals surface area contributed by atoms with Gasteiger partial charge in [-0.1, -0.05) is 13.8 Å². The molecule has 0 bridgehead atoms. The molecule has 2 aromatic carbocycles. The van der Waals surface area contributed by atoms with E-state index >= 15 is 0 Å². The highest BCUT2D eigenvalue weighted by molar-refractivity contribution is 7.89. The lowest BCUT2D eigenvalue weighted by Crippen LogP contribution is -2.34. The van der Waals surface area contributed by atoms with Gasteiger partial charge in [-0.3, -0.25) is 4.79 Å². The fourth-order valence-corrected chi connectivity index (χ4v) is 4.33. The lowest BCUT2D eigenvalue weighted by Gasteiger charge is -2.17. The summed E-state index contributed by atoms with van der Waals surface area (Å²) in [6, 6.07) is 15.2. The molecule has 0 aliphatic heterocycles. The number of aromatic nitrogens is 1. The van der Waals surface area contributed by atoms with Crippen molar-refractivity contribution in [2.24, 2.45) is 5.92 Å². The Morgan fingerprint density at radius 1 is 1.17 bits per heavy atom. The van der Waals surface area contributed by atoms with Crippen molar-refractivity contribution < 1.29 is 13.2 Å². The predicted molar refractivity (Wildman–Crippen MR) is 116 cm³/mol. The average Bonchev–Trinajstić information content (AvgIpc) is 3.09. The molecule has 0 unspecified atom stereocenters. The maximum atomic E-state index is 12.6. The summed E-state index contributed by atoms with van der Waals surface area (Å²) in [6.45, 7) is 4.90. The molecule has 30 heavy (non-hydrogen) atoms. The molecule has 0 aliphatic carbocycles. The average molecular weight is 425 g/mol. The first-order valence-corrected chi connectivity index (χ1v) is 11.0. The van der Waals surface area contributed by atoms with Crippen molar-refractivity contribution in [2.75, 3.05) is 18.9 Å². The van der Waals surface area contributed by atoms with E-state index in [9.17, 15) is 13.2 Å². The van der Waals surface area contributed by atoms with E-state index in [0.717, 1.165) is 21.8 Å². The standard InChI is InChI=1S/C22H24N4O3S/c1-16(2)14-26-11-10-18-12-19(6-9-21(18)26)24-22(27)15-25(3)30(28,29)20-7-4-17(13-23)5-8-20/h4-12,16H,14-15H2,1-3H3,(H,24,27). The van der Waals surface area contributed by atoms with Crippen molar-refractivity contribution in [3.8, 4) is 6.07 Å². The van der Waals surface area contributed by atoms with Crippen molar-refractivity contribution in [3.63, 3.8) is 0 Å². The molecule has 0 saturated heterocycles. The number of nitrogens with zero attached hydrogens (tertiary/aromatic N) is 3. The fraction of sp³-hybridized carbons (Fsp3) is 0.273. The molecule has 8 heteroatoms. The van der Waals surface area contributed by atoms with Gasteiger partial charge in [-0.2, -0.15) is 9.57 Å². The summed E-state index contributed by atoms with van der Waals surface area (Å²) >= 11 is 0. The molecule has 3 rings (SSSR count). The Morgan fingerprint density at radius 2 is 1.87 bits per heavy atom. The van der Waals surface area contributed by atoms with Crippen LogP contribution in [0.1, 0.15) is 19.4 Å². The molecule has 0 saturated carbocycles. The van der Waals surface area contributed by atoms with Crippen molar-refractivity contribution in [2.45, 2.75) is 25.3 Å². The minimum atomic E-state index is -3.83. The molecule has 0 spiro atoms. The molecule has 7 nitrogen and oxygen atoms in total. The van der Waals surface area contributed by atoms with Gasteiger partial charge < -0.3 is 9.88 Å². The van der Waals surface area contributed by atoms with Gasteiger partial charge in [0.1, 0.15) is 0 Å². The van der Waals surface area contributed by atoms with E-state index in [4.69, 9.17) is 5.26 Å². The first-order chi connectivity index (χ1) is 14.2. The van der Waals surface area contributed by atoms with E-state index in [0.29, 0.717) is 17.2 Å². The maximum absolute atomic E-state index is 12.6. The van der Waals surface area contributed by atoms with Crippen LogP contribution in [0.4, 0.5) is 5.69 Å². The zero-order valence-electron chi connectivity index (χ0n) is 17.2. The Kier molecular flexibility index (Phi) is 6.25. The third-order valence-corrected chi connectivity index (χ3v) is 6.49. The van der Waals surface area contributed by atoms with Gasteiger partial charge >= 0.3 is 0 Å². The monoisotopic (exact) mass is 424 g/mol. The number of likely N-dealkylation sites (N-methyl/N-ethyl adjacent to an activating group) is 1. The number of fused-ring (bicyclic) bond motifs is 1. The van der Waals surface area contributed by atoms with Crippen LogP contribution in [-0.4, -0.2) is 36.8 Å². The van der Waals surface area contributed by atoms with Crippen LogP contribution in [0.5, 0.6) is 0 Å². The third kappa shape index (κ3) is 4.70. The van der Waals surface area contributed by atoms with Gasteiger partial charge in [0, 0.05) is 36.4 Å². The fourth-order valence-electron chi connectivity index (χ4n) is 3.20. The summed E-state index contributed by atoms with van der Waals surface area (Å²) in [4.78, 5) is 12.5. The first-order valence-electron chi connectivity index (χ1n) is 9.56. The lowest BCUT2D eigenvalue weighted by atomic mass is 10.2. The minimum Gasteiger partial charge on any atom is -0.347 e. The number of benzene rings is 2. The van der Waals surface area contributed by atoms with Gasteiger partial charge in [0.25, 0.3) is 0 Å². The number of sulfonamides is 1. The Labute approximate surface area is 176 Å².